The molecule has 2 N–H and O–H groups in total. The summed E-state index contributed by atoms with van der Waals surface area (Å²) in [5.41, 5.74) is -0.503. The maximum Gasteiger partial charge on any atom is 0.258 e. The molecule has 2 aromatic rings. The minimum Gasteiger partial charge on any atom is -0.430 e. The van der Waals surface area contributed by atoms with E-state index in [1.807, 2.05) is 19.9 Å². The molecule has 0 aromatic carbocycles. The molecule has 7 nitrogen and oxygen atoms in total. The lowest BCUT2D eigenvalue weighted by Crippen LogP contribution is -2.62. The summed E-state index contributed by atoms with van der Waals surface area (Å²) < 4.78 is 5.71. The lowest BCUT2D eigenvalue weighted by Gasteiger charge is -2.59. The molecule has 4 aliphatic carbocycles. The van der Waals surface area contributed by atoms with Crippen LogP contribution in [-0.4, -0.2) is 49.2 Å². The molecule has 4 aliphatic rings. The highest BCUT2D eigenvalue weighted by molar-refractivity contribution is 7.99. The van der Waals surface area contributed by atoms with Crippen LogP contribution in [0.4, 0.5) is 0 Å². The van der Waals surface area contributed by atoms with Crippen molar-refractivity contribution in [1.29, 1.82) is 0 Å². The zero-order chi connectivity index (χ0) is 25.5. The van der Waals surface area contributed by atoms with Gasteiger partial charge in [-0.2, -0.15) is 4.98 Å². The number of aliphatic hydroxyl groups is 2. The zero-order valence-electron chi connectivity index (χ0n) is 20.8. The third-order valence-electron chi connectivity index (χ3n) is 9.97. The molecule has 0 amide bonds. The van der Waals surface area contributed by atoms with Crippen LogP contribution in [-0.2, 0) is 9.59 Å². The Labute approximate surface area is 214 Å². The number of carbonyl (C=O) groups is 2. The van der Waals surface area contributed by atoms with Crippen molar-refractivity contribution in [1.82, 2.24) is 9.97 Å². The van der Waals surface area contributed by atoms with Gasteiger partial charge in [-0.3, -0.25) is 9.59 Å². The topological polar surface area (TPSA) is 114 Å². The summed E-state index contributed by atoms with van der Waals surface area (Å²) in [5.74, 6) is -0.183. The number of ketones is 2. The number of Topliss-reactive ketones (excluding diaryl/α,β-unsaturated/α-hetero) is 1. The molecule has 8 atom stereocenters. The van der Waals surface area contributed by atoms with Gasteiger partial charge in [0.25, 0.3) is 5.22 Å². The average Bonchev–Trinajstić information content (AvgIpc) is 3.35. The fraction of sp³-hybridized carbons (Fsp3) is 0.571. The summed E-state index contributed by atoms with van der Waals surface area (Å²) in [7, 11) is 0. The zero-order valence-corrected chi connectivity index (χ0v) is 21.6. The van der Waals surface area contributed by atoms with Gasteiger partial charge in [-0.15, -0.1) is 0 Å². The van der Waals surface area contributed by atoms with E-state index in [0.29, 0.717) is 22.9 Å². The lowest BCUT2D eigenvalue weighted by atomic mass is 9.46. The van der Waals surface area contributed by atoms with Crippen LogP contribution in [0, 0.1) is 34.5 Å². The fourth-order valence-electron chi connectivity index (χ4n) is 8.30. The number of fused-ring (bicyclic) bond motifs is 6. The molecule has 0 bridgehead atoms. The summed E-state index contributed by atoms with van der Waals surface area (Å²) >= 11 is 1.18. The molecule has 3 saturated carbocycles. The first-order chi connectivity index (χ1) is 17.1. The second-order valence-electron chi connectivity index (χ2n) is 11.6. The van der Waals surface area contributed by atoms with Crippen molar-refractivity contribution in [3.05, 3.63) is 42.1 Å². The normalized spacial score (nSPS) is 41.5. The Hall–Kier alpha value is -2.29. The number of rotatable bonds is 4. The monoisotopic (exact) mass is 508 g/mol. The SMILES string of the molecule is C[C@@H]1CC2C3CCC4=CC(=O)C=CC4(C)C3[C@@H](O)CC2(C)[C@@]1(O)C(=O)CSc1nc2ncccc2o1. The van der Waals surface area contributed by atoms with Gasteiger partial charge < -0.3 is 14.6 Å². The second kappa shape index (κ2) is 8.10. The summed E-state index contributed by atoms with van der Waals surface area (Å²) in [6, 6.07) is 3.55. The van der Waals surface area contributed by atoms with Crippen LogP contribution in [0.15, 0.2) is 51.8 Å². The smallest absolute Gasteiger partial charge is 0.258 e. The first kappa shape index (κ1) is 24.1. The van der Waals surface area contributed by atoms with E-state index in [-0.39, 0.29) is 46.4 Å². The van der Waals surface area contributed by atoms with E-state index in [2.05, 4.69) is 16.9 Å². The highest BCUT2D eigenvalue weighted by Gasteiger charge is 2.70. The number of hydrogen-bond acceptors (Lipinski definition) is 8. The first-order valence-corrected chi connectivity index (χ1v) is 13.8. The number of carbonyl (C=O) groups excluding carboxylic acids is 2. The van der Waals surface area contributed by atoms with E-state index >= 15 is 0 Å². The molecule has 2 heterocycles. The Morgan fingerprint density at radius 1 is 1.33 bits per heavy atom. The standard InChI is InChI=1S/C28H32N2O5S/c1-15-11-19-18-7-6-16-12-17(31)8-9-26(16,2)23(18)20(32)13-27(19,3)28(15,34)22(33)14-36-25-30-24-21(35-25)5-4-10-29-24/h4-5,8-10,12,15,18-20,23,32,34H,6-7,11,13-14H2,1-3H3/t15-,18?,19?,20+,23?,26?,27?,28+/m1/s1. The molecular weight excluding hydrogens is 476 g/mol. The van der Waals surface area contributed by atoms with Gasteiger partial charge in [-0.25, -0.2) is 4.98 Å². The molecule has 6 rings (SSSR count). The highest BCUT2D eigenvalue weighted by atomic mass is 32.2. The number of aromatic nitrogens is 2. The molecule has 0 saturated heterocycles. The van der Waals surface area contributed by atoms with E-state index in [0.717, 1.165) is 24.8 Å². The summed E-state index contributed by atoms with van der Waals surface area (Å²) in [5, 5.41) is 24.1. The first-order valence-electron chi connectivity index (χ1n) is 12.8. The van der Waals surface area contributed by atoms with Gasteiger partial charge in [-0.05, 0) is 67.7 Å². The van der Waals surface area contributed by atoms with Crippen molar-refractivity contribution in [3.8, 4) is 0 Å². The van der Waals surface area contributed by atoms with Crippen LogP contribution in [0.3, 0.4) is 0 Å². The van der Waals surface area contributed by atoms with E-state index in [1.54, 1.807) is 30.5 Å². The number of nitrogens with zero attached hydrogens (tertiary/aromatic N) is 2. The van der Waals surface area contributed by atoms with Gasteiger partial charge in [0, 0.05) is 22.9 Å². The fourth-order valence-corrected chi connectivity index (χ4v) is 9.08. The molecule has 8 heteroatoms. The van der Waals surface area contributed by atoms with Gasteiger partial charge in [0.15, 0.2) is 22.8 Å². The Morgan fingerprint density at radius 3 is 2.92 bits per heavy atom. The molecular formula is C28H32N2O5S. The van der Waals surface area contributed by atoms with Gasteiger partial charge in [0.2, 0.25) is 0 Å². The van der Waals surface area contributed by atoms with Crippen molar-refractivity contribution >= 4 is 34.6 Å². The minimum atomic E-state index is -1.55. The maximum atomic E-state index is 13.7. The Bertz CT molecular complexity index is 1290. The van der Waals surface area contributed by atoms with E-state index < -0.39 is 17.1 Å². The number of oxazole rings is 1. The highest BCUT2D eigenvalue weighted by Crippen LogP contribution is 2.68. The minimum absolute atomic E-state index is 0.0118. The van der Waals surface area contributed by atoms with Crippen LogP contribution in [0.25, 0.3) is 11.2 Å². The summed E-state index contributed by atoms with van der Waals surface area (Å²) in [6.45, 7) is 6.10. The second-order valence-corrected chi connectivity index (χ2v) is 12.6. The van der Waals surface area contributed by atoms with Crippen LogP contribution in [0.1, 0.15) is 46.5 Å². The van der Waals surface area contributed by atoms with Crippen molar-refractivity contribution in [3.63, 3.8) is 0 Å². The molecule has 0 aliphatic heterocycles. The number of aliphatic hydroxyl groups excluding tert-OH is 1. The van der Waals surface area contributed by atoms with Gasteiger partial charge in [-0.1, -0.05) is 44.2 Å². The van der Waals surface area contributed by atoms with E-state index in [9.17, 15) is 19.8 Å². The maximum absolute atomic E-state index is 13.7. The van der Waals surface area contributed by atoms with Crippen molar-refractivity contribution in [2.24, 2.45) is 34.5 Å². The lowest BCUT2D eigenvalue weighted by molar-refractivity contribution is -0.179. The molecule has 5 unspecified atom stereocenters. The van der Waals surface area contributed by atoms with E-state index in [4.69, 9.17) is 4.42 Å². The van der Waals surface area contributed by atoms with Crippen LogP contribution in [0.5, 0.6) is 0 Å². The third-order valence-corrected chi connectivity index (χ3v) is 10.8. The molecule has 0 radical (unpaired) electrons. The Morgan fingerprint density at radius 2 is 2.14 bits per heavy atom. The summed E-state index contributed by atoms with van der Waals surface area (Å²) in [6.07, 6.45) is 9.06. The quantitative estimate of drug-likeness (QED) is 0.593. The van der Waals surface area contributed by atoms with Gasteiger partial charge in [0.1, 0.15) is 5.60 Å². The Balaban J connectivity index is 1.28. The van der Waals surface area contributed by atoms with Crippen LogP contribution < -0.4 is 0 Å². The third kappa shape index (κ3) is 3.20. The number of thioether (sulfide) groups is 1. The van der Waals surface area contributed by atoms with Crippen LogP contribution in [0.2, 0.25) is 0 Å². The van der Waals surface area contributed by atoms with Gasteiger partial charge >= 0.3 is 0 Å². The van der Waals surface area contributed by atoms with Crippen molar-refractivity contribution < 1.29 is 24.2 Å². The number of pyridine rings is 1. The van der Waals surface area contributed by atoms with E-state index in [1.165, 1.54) is 11.8 Å². The number of hydrogen-bond donors (Lipinski definition) is 2. The van der Waals surface area contributed by atoms with Gasteiger partial charge in [0.05, 0.1) is 11.9 Å². The average molecular weight is 509 g/mol. The molecule has 36 heavy (non-hydrogen) atoms. The molecule has 3 fully saturated rings. The molecule has 2 aromatic heterocycles. The summed E-state index contributed by atoms with van der Waals surface area (Å²) in [4.78, 5) is 34.3. The molecule has 0 spiro atoms. The Kier molecular flexibility index (Phi) is 5.42. The molecule has 190 valence electrons. The number of allylic oxidation sites excluding steroid dienone is 4. The van der Waals surface area contributed by atoms with Crippen molar-refractivity contribution in [2.45, 2.75) is 63.4 Å². The largest absolute Gasteiger partial charge is 0.430 e. The predicted molar refractivity (Wildman–Crippen MR) is 135 cm³/mol. The predicted octanol–water partition coefficient (Wildman–Crippen LogP) is 4.14. The van der Waals surface area contributed by atoms with Crippen molar-refractivity contribution in [2.75, 3.05) is 5.75 Å². The van der Waals surface area contributed by atoms with Crippen LogP contribution >= 0.6 is 11.8 Å².